The van der Waals surface area contributed by atoms with Gasteiger partial charge in [0.15, 0.2) is 0 Å². The number of amides is 2. The first-order valence-electron chi connectivity index (χ1n) is 8.55. The highest BCUT2D eigenvalue weighted by Crippen LogP contribution is 2.18. The van der Waals surface area contributed by atoms with Crippen LogP contribution in [0.3, 0.4) is 0 Å². The Morgan fingerprint density at radius 1 is 0.923 bits per heavy atom. The Labute approximate surface area is 152 Å². The van der Waals surface area contributed by atoms with Crippen molar-refractivity contribution in [1.82, 2.24) is 15.8 Å². The highest BCUT2D eigenvalue weighted by Gasteiger charge is 2.13. The Bertz CT molecular complexity index is 978. The predicted octanol–water partition coefficient (Wildman–Crippen LogP) is 3.49. The molecule has 2 aromatic carbocycles. The number of fused-ring (bicyclic) bond motifs is 1. The first-order chi connectivity index (χ1) is 12.5. The smallest absolute Gasteiger partial charge is 0.267 e. The first-order valence-corrected chi connectivity index (χ1v) is 8.55. The van der Waals surface area contributed by atoms with E-state index in [1.807, 2.05) is 37.3 Å². The third-order valence-corrected chi connectivity index (χ3v) is 4.32. The molecule has 26 heavy (non-hydrogen) atoms. The third kappa shape index (κ3) is 3.72. The van der Waals surface area contributed by atoms with Crippen molar-refractivity contribution in [3.63, 3.8) is 0 Å². The van der Waals surface area contributed by atoms with E-state index in [2.05, 4.69) is 22.8 Å². The fourth-order valence-electron chi connectivity index (χ4n) is 2.75. The molecule has 0 spiro atoms. The maximum Gasteiger partial charge on any atom is 0.271 e. The van der Waals surface area contributed by atoms with Gasteiger partial charge >= 0.3 is 0 Å². The minimum Gasteiger partial charge on any atom is -0.267 e. The first kappa shape index (κ1) is 17.6. The fraction of sp³-hybridized carbons (Fsp3) is 0.190. The highest BCUT2D eigenvalue weighted by atomic mass is 16.2. The number of hydrogen-bond acceptors (Lipinski definition) is 3. The summed E-state index contributed by atoms with van der Waals surface area (Å²) in [7, 11) is 0. The number of benzene rings is 2. The monoisotopic (exact) mass is 347 g/mol. The molecule has 0 saturated heterocycles. The van der Waals surface area contributed by atoms with Crippen molar-refractivity contribution >= 4 is 22.7 Å². The van der Waals surface area contributed by atoms with Gasteiger partial charge in [-0.15, -0.1) is 0 Å². The second-order valence-electron chi connectivity index (χ2n) is 6.28. The van der Waals surface area contributed by atoms with Crippen molar-refractivity contribution in [1.29, 1.82) is 0 Å². The van der Waals surface area contributed by atoms with E-state index in [0.29, 0.717) is 16.8 Å². The number of hydrazine groups is 1. The normalized spacial score (nSPS) is 10.6. The average Bonchev–Trinajstić information content (AvgIpc) is 2.65. The number of pyridine rings is 1. The molecule has 0 bridgehead atoms. The van der Waals surface area contributed by atoms with Crippen LogP contribution in [0.5, 0.6) is 0 Å². The van der Waals surface area contributed by atoms with Crippen LogP contribution in [-0.2, 0) is 6.42 Å². The van der Waals surface area contributed by atoms with Gasteiger partial charge in [-0.3, -0.25) is 25.4 Å². The Morgan fingerprint density at radius 2 is 1.62 bits per heavy atom. The molecule has 2 N–H and O–H groups in total. The Kier molecular flexibility index (Phi) is 4.98. The fourth-order valence-corrected chi connectivity index (χ4v) is 2.75. The minimum atomic E-state index is -0.393. The number of aromatic nitrogens is 1. The molecule has 3 rings (SSSR count). The maximum absolute atomic E-state index is 12.4. The van der Waals surface area contributed by atoms with Gasteiger partial charge in [-0.05, 0) is 55.7 Å². The van der Waals surface area contributed by atoms with Crippen molar-refractivity contribution in [2.24, 2.45) is 0 Å². The number of aryl methyl sites for hydroxylation is 3. The topological polar surface area (TPSA) is 71.1 Å². The van der Waals surface area contributed by atoms with Crippen LogP contribution in [0.2, 0.25) is 0 Å². The van der Waals surface area contributed by atoms with E-state index in [4.69, 9.17) is 0 Å². The maximum atomic E-state index is 12.4. The van der Waals surface area contributed by atoms with Crippen molar-refractivity contribution in [2.45, 2.75) is 27.2 Å². The van der Waals surface area contributed by atoms with Crippen LogP contribution in [-0.4, -0.2) is 16.8 Å². The van der Waals surface area contributed by atoms with Gasteiger partial charge in [-0.25, -0.2) is 0 Å². The van der Waals surface area contributed by atoms with Crippen molar-refractivity contribution in [3.8, 4) is 0 Å². The molecule has 0 aliphatic carbocycles. The van der Waals surface area contributed by atoms with E-state index in [1.165, 1.54) is 0 Å². The number of nitrogens with one attached hydrogen (secondary N) is 2. The lowest BCUT2D eigenvalue weighted by molar-refractivity contribution is 0.0846. The largest absolute Gasteiger partial charge is 0.271 e. The molecule has 1 heterocycles. The number of hydrogen-bond donors (Lipinski definition) is 2. The molecular weight excluding hydrogens is 326 g/mol. The molecule has 0 unspecified atom stereocenters. The van der Waals surface area contributed by atoms with Crippen molar-refractivity contribution < 1.29 is 9.59 Å². The van der Waals surface area contributed by atoms with E-state index in [1.54, 1.807) is 25.1 Å². The summed E-state index contributed by atoms with van der Waals surface area (Å²) >= 11 is 0. The quantitative estimate of drug-likeness (QED) is 0.713. The molecule has 2 amide bonds. The Hall–Kier alpha value is -3.21. The lowest BCUT2D eigenvalue weighted by Crippen LogP contribution is -2.41. The molecule has 132 valence electrons. The zero-order valence-electron chi connectivity index (χ0n) is 15.1. The standard InChI is InChI=1S/C21H21N3O2/c1-4-15-6-9-16(10-7-15)20(25)23-24-21(26)18-12-17-8-5-13(2)11-19(17)22-14(18)3/h5-12H,4H2,1-3H3,(H,23,25)(H,24,26). The number of carbonyl (C=O) groups excluding carboxylic acids is 2. The molecule has 5 heteroatoms. The summed E-state index contributed by atoms with van der Waals surface area (Å²) in [6, 6.07) is 15.0. The zero-order valence-corrected chi connectivity index (χ0v) is 15.1. The summed E-state index contributed by atoms with van der Waals surface area (Å²) in [6.45, 7) is 5.83. The van der Waals surface area contributed by atoms with Gasteiger partial charge in [0.1, 0.15) is 0 Å². The van der Waals surface area contributed by atoms with Gasteiger partial charge < -0.3 is 0 Å². The SMILES string of the molecule is CCc1ccc(C(=O)NNC(=O)c2cc3ccc(C)cc3nc2C)cc1. The molecule has 0 atom stereocenters. The van der Waals surface area contributed by atoms with Crippen LogP contribution >= 0.6 is 0 Å². The molecule has 0 fully saturated rings. The molecule has 0 aliphatic rings. The van der Waals surface area contributed by atoms with Gasteiger partial charge in [0.05, 0.1) is 16.8 Å². The second-order valence-corrected chi connectivity index (χ2v) is 6.28. The van der Waals surface area contributed by atoms with Crippen molar-refractivity contribution in [2.75, 3.05) is 0 Å². The van der Waals surface area contributed by atoms with E-state index in [-0.39, 0.29) is 5.91 Å². The number of nitrogens with zero attached hydrogens (tertiary/aromatic N) is 1. The van der Waals surface area contributed by atoms with Gasteiger partial charge in [0.25, 0.3) is 11.8 Å². The van der Waals surface area contributed by atoms with Crippen LogP contribution in [0.4, 0.5) is 0 Å². The highest BCUT2D eigenvalue weighted by molar-refractivity contribution is 6.01. The molecule has 3 aromatic rings. The summed E-state index contributed by atoms with van der Waals surface area (Å²) in [5, 5.41) is 0.882. The van der Waals surface area contributed by atoms with Crippen LogP contribution in [0.1, 0.15) is 44.5 Å². The zero-order chi connectivity index (χ0) is 18.7. The molecule has 0 saturated carbocycles. The summed E-state index contributed by atoms with van der Waals surface area (Å²) in [5.74, 6) is -0.751. The van der Waals surface area contributed by atoms with E-state index < -0.39 is 5.91 Å². The van der Waals surface area contributed by atoms with Crippen molar-refractivity contribution in [3.05, 3.63) is 76.5 Å². The number of rotatable bonds is 3. The average molecular weight is 347 g/mol. The van der Waals surface area contributed by atoms with Gasteiger partial charge in [-0.2, -0.15) is 0 Å². The molecule has 1 aromatic heterocycles. The summed E-state index contributed by atoms with van der Waals surface area (Å²) in [4.78, 5) is 29.1. The molecule has 0 radical (unpaired) electrons. The molecule has 0 aliphatic heterocycles. The summed E-state index contributed by atoms with van der Waals surface area (Å²) in [6.07, 6.45) is 0.909. The Morgan fingerprint density at radius 3 is 2.31 bits per heavy atom. The van der Waals surface area contributed by atoms with Crippen LogP contribution < -0.4 is 10.9 Å². The van der Waals surface area contributed by atoms with Gasteiger partial charge in [0.2, 0.25) is 0 Å². The lowest BCUT2D eigenvalue weighted by atomic mass is 10.1. The lowest BCUT2D eigenvalue weighted by Gasteiger charge is -2.10. The third-order valence-electron chi connectivity index (χ3n) is 4.32. The molecular formula is C21H21N3O2. The van der Waals surface area contributed by atoms with E-state index >= 15 is 0 Å². The Balaban J connectivity index is 1.73. The predicted molar refractivity (Wildman–Crippen MR) is 102 cm³/mol. The van der Waals surface area contributed by atoms with Crippen LogP contribution in [0.25, 0.3) is 10.9 Å². The van der Waals surface area contributed by atoms with Gasteiger partial charge in [0, 0.05) is 10.9 Å². The minimum absolute atomic E-state index is 0.358. The summed E-state index contributed by atoms with van der Waals surface area (Å²) < 4.78 is 0. The summed E-state index contributed by atoms with van der Waals surface area (Å²) in [5.41, 5.74) is 9.57. The van der Waals surface area contributed by atoms with E-state index in [9.17, 15) is 9.59 Å². The van der Waals surface area contributed by atoms with Crippen LogP contribution in [0, 0.1) is 13.8 Å². The molecule has 5 nitrogen and oxygen atoms in total. The number of carbonyl (C=O) groups is 2. The van der Waals surface area contributed by atoms with Crippen LogP contribution in [0.15, 0.2) is 48.5 Å². The van der Waals surface area contributed by atoms with E-state index in [0.717, 1.165) is 28.5 Å². The second kappa shape index (κ2) is 7.35. The van der Waals surface area contributed by atoms with Gasteiger partial charge in [-0.1, -0.05) is 31.2 Å².